The van der Waals surface area contributed by atoms with Crippen LogP contribution in [-0.2, 0) is 12.8 Å². The third kappa shape index (κ3) is 2.79. The molecule has 20 heavy (non-hydrogen) atoms. The Morgan fingerprint density at radius 3 is 1.55 bits per heavy atom. The van der Waals surface area contributed by atoms with Crippen LogP contribution in [0.4, 0.5) is 11.4 Å². The zero-order chi connectivity index (χ0) is 14.7. The first-order chi connectivity index (χ1) is 9.56. The van der Waals surface area contributed by atoms with Gasteiger partial charge in [-0.15, -0.1) is 0 Å². The van der Waals surface area contributed by atoms with E-state index in [2.05, 4.69) is 45.0 Å². The van der Waals surface area contributed by atoms with Crippen molar-refractivity contribution in [3.63, 3.8) is 0 Å². The summed E-state index contributed by atoms with van der Waals surface area (Å²) < 4.78 is 0. The summed E-state index contributed by atoms with van der Waals surface area (Å²) in [5.41, 5.74) is 19.0. The quantitative estimate of drug-likeness (QED) is 0.819. The minimum atomic E-state index is 0.216. The van der Waals surface area contributed by atoms with Gasteiger partial charge in [0.1, 0.15) is 0 Å². The summed E-state index contributed by atoms with van der Waals surface area (Å²) in [6.07, 6.45) is 2.04. The Morgan fingerprint density at radius 2 is 1.20 bits per heavy atom. The molecule has 2 rings (SSSR count). The van der Waals surface area contributed by atoms with Crippen LogP contribution in [0.3, 0.4) is 0 Å². The highest BCUT2D eigenvalue weighted by Crippen LogP contribution is 2.33. The van der Waals surface area contributed by atoms with E-state index < -0.39 is 0 Å². The van der Waals surface area contributed by atoms with Crippen LogP contribution in [0.1, 0.15) is 48.9 Å². The number of benzene rings is 2. The molecule has 2 nitrogen and oxygen atoms in total. The Bertz CT molecular complexity index is 549. The van der Waals surface area contributed by atoms with Crippen molar-refractivity contribution in [3.8, 4) is 0 Å². The van der Waals surface area contributed by atoms with Crippen molar-refractivity contribution in [2.75, 3.05) is 11.5 Å². The van der Waals surface area contributed by atoms with Crippen molar-refractivity contribution < 1.29 is 0 Å². The fourth-order valence-corrected chi connectivity index (χ4v) is 2.61. The molecule has 106 valence electrons. The molecule has 0 aromatic heterocycles. The molecule has 0 fully saturated rings. The van der Waals surface area contributed by atoms with Crippen LogP contribution in [0.15, 0.2) is 36.4 Å². The average molecular weight is 268 g/mol. The maximum absolute atomic E-state index is 6.16. The van der Waals surface area contributed by atoms with Crippen molar-refractivity contribution in [3.05, 3.63) is 58.7 Å². The minimum Gasteiger partial charge on any atom is -0.398 e. The van der Waals surface area contributed by atoms with Gasteiger partial charge in [-0.2, -0.15) is 0 Å². The maximum atomic E-state index is 6.16. The van der Waals surface area contributed by atoms with Gasteiger partial charge in [0.25, 0.3) is 0 Å². The van der Waals surface area contributed by atoms with E-state index in [4.69, 9.17) is 11.5 Å². The molecule has 0 unspecified atom stereocenters. The smallest absolute Gasteiger partial charge is 0.0352 e. The van der Waals surface area contributed by atoms with Crippen LogP contribution in [0.5, 0.6) is 0 Å². The van der Waals surface area contributed by atoms with Crippen LogP contribution in [-0.4, -0.2) is 0 Å². The molecule has 2 heteroatoms. The minimum absolute atomic E-state index is 0.216. The molecule has 4 N–H and O–H groups in total. The van der Waals surface area contributed by atoms with Crippen LogP contribution < -0.4 is 11.5 Å². The molecule has 0 aliphatic heterocycles. The molecule has 0 saturated heterocycles. The standard InChI is InChI=1S/C18H24N2/c1-4-13-6-8-17(19)15(10-13)12(3)16-11-14(5-2)7-9-18(16)20/h6-12H,4-5,19-20H2,1-3H3. The zero-order valence-corrected chi connectivity index (χ0v) is 12.6. The average Bonchev–Trinajstić information content (AvgIpc) is 2.47. The highest BCUT2D eigenvalue weighted by Gasteiger charge is 2.15. The van der Waals surface area contributed by atoms with E-state index in [-0.39, 0.29) is 5.92 Å². The number of hydrogen-bond donors (Lipinski definition) is 2. The number of rotatable bonds is 4. The highest BCUT2D eigenvalue weighted by molar-refractivity contribution is 5.59. The monoisotopic (exact) mass is 268 g/mol. The first kappa shape index (κ1) is 14.4. The Hall–Kier alpha value is -1.96. The van der Waals surface area contributed by atoms with E-state index in [1.165, 1.54) is 22.3 Å². The molecule has 0 heterocycles. The Balaban J connectivity index is 2.47. The number of nitrogen functional groups attached to an aromatic ring is 2. The van der Waals surface area contributed by atoms with Gasteiger partial charge < -0.3 is 11.5 Å². The normalized spacial score (nSPS) is 11.0. The Labute approximate surface area is 121 Å². The van der Waals surface area contributed by atoms with Gasteiger partial charge in [-0.3, -0.25) is 0 Å². The fraction of sp³-hybridized carbons (Fsp3) is 0.333. The molecule has 2 aromatic carbocycles. The molecule has 0 aliphatic carbocycles. The molecule has 0 radical (unpaired) electrons. The summed E-state index contributed by atoms with van der Waals surface area (Å²) in [6.45, 7) is 6.49. The fourth-order valence-electron chi connectivity index (χ4n) is 2.61. The number of nitrogens with two attached hydrogens (primary N) is 2. The molecule has 0 bridgehead atoms. The van der Waals surface area contributed by atoms with Gasteiger partial charge >= 0.3 is 0 Å². The molecule has 0 aliphatic rings. The van der Waals surface area contributed by atoms with Gasteiger partial charge in [-0.05, 0) is 47.2 Å². The van der Waals surface area contributed by atoms with E-state index >= 15 is 0 Å². The molecular formula is C18H24N2. The van der Waals surface area contributed by atoms with Crippen LogP contribution in [0, 0.1) is 0 Å². The predicted octanol–water partition coefficient (Wildman–Crippen LogP) is 4.13. The molecule has 0 atom stereocenters. The van der Waals surface area contributed by atoms with E-state index in [0.717, 1.165) is 24.2 Å². The second-order valence-electron chi connectivity index (χ2n) is 5.36. The van der Waals surface area contributed by atoms with E-state index in [9.17, 15) is 0 Å². The summed E-state index contributed by atoms with van der Waals surface area (Å²) in [4.78, 5) is 0. The third-order valence-electron chi connectivity index (χ3n) is 4.05. The number of hydrogen-bond acceptors (Lipinski definition) is 2. The number of aryl methyl sites for hydroxylation is 2. The van der Waals surface area contributed by atoms with Crippen molar-refractivity contribution in [1.29, 1.82) is 0 Å². The van der Waals surface area contributed by atoms with Crippen molar-refractivity contribution in [2.24, 2.45) is 0 Å². The first-order valence-corrected chi connectivity index (χ1v) is 7.33. The Morgan fingerprint density at radius 1 is 0.800 bits per heavy atom. The summed E-state index contributed by atoms with van der Waals surface area (Å²) >= 11 is 0. The highest BCUT2D eigenvalue weighted by atomic mass is 14.6. The van der Waals surface area contributed by atoms with Gasteiger partial charge in [0, 0.05) is 17.3 Å². The zero-order valence-electron chi connectivity index (χ0n) is 12.6. The summed E-state index contributed by atoms with van der Waals surface area (Å²) in [7, 11) is 0. The summed E-state index contributed by atoms with van der Waals surface area (Å²) in [6, 6.07) is 12.6. The first-order valence-electron chi connectivity index (χ1n) is 7.33. The number of anilines is 2. The largest absolute Gasteiger partial charge is 0.398 e. The van der Waals surface area contributed by atoms with E-state index in [1.54, 1.807) is 0 Å². The van der Waals surface area contributed by atoms with Gasteiger partial charge in [0.2, 0.25) is 0 Å². The van der Waals surface area contributed by atoms with Crippen LogP contribution in [0.25, 0.3) is 0 Å². The lowest BCUT2D eigenvalue weighted by Crippen LogP contribution is -2.05. The molecule has 0 amide bonds. The summed E-state index contributed by atoms with van der Waals surface area (Å²) in [5, 5.41) is 0. The molecule has 0 spiro atoms. The van der Waals surface area contributed by atoms with E-state index in [0.29, 0.717) is 0 Å². The second-order valence-corrected chi connectivity index (χ2v) is 5.36. The lowest BCUT2D eigenvalue weighted by molar-refractivity contribution is 0.917. The van der Waals surface area contributed by atoms with Gasteiger partial charge in [0.15, 0.2) is 0 Å². The second kappa shape index (κ2) is 6.00. The third-order valence-corrected chi connectivity index (χ3v) is 4.05. The lowest BCUT2D eigenvalue weighted by atomic mass is 9.88. The van der Waals surface area contributed by atoms with Crippen molar-refractivity contribution in [1.82, 2.24) is 0 Å². The van der Waals surface area contributed by atoms with Crippen LogP contribution in [0.2, 0.25) is 0 Å². The molecular weight excluding hydrogens is 244 g/mol. The van der Waals surface area contributed by atoms with E-state index in [1.807, 2.05) is 12.1 Å². The SMILES string of the molecule is CCc1ccc(N)c(C(C)c2cc(CC)ccc2N)c1. The van der Waals surface area contributed by atoms with Crippen molar-refractivity contribution >= 4 is 11.4 Å². The Kier molecular flexibility index (Phi) is 4.33. The predicted molar refractivity (Wildman–Crippen MR) is 88.0 cm³/mol. The summed E-state index contributed by atoms with van der Waals surface area (Å²) in [5.74, 6) is 0.216. The van der Waals surface area contributed by atoms with Crippen LogP contribution >= 0.6 is 0 Å². The van der Waals surface area contributed by atoms with Gasteiger partial charge in [0.05, 0.1) is 0 Å². The maximum Gasteiger partial charge on any atom is 0.0352 e. The topological polar surface area (TPSA) is 52.0 Å². The lowest BCUT2D eigenvalue weighted by Gasteiger charge is -2.19. The van der Waals surface area contributed by atoms with Crippen molar-refractivity contribution in [2.45, 2.75) is 39.5 Å². The van der Waals surface area contributed by atoms with Gasteiger partial charge in [-0.25, -0.2) is 0 Å². The van der Waals surface area contributed by atoms with Gasteiger partial charge in [-0.1, -0.05) is 45.0 Å². The molecule has 2 aromatic rings. The molecule has 0 saturated carbocycles.